The van der Waals surface area contributed by atoms with Crippen LogP contribution in [0.15, 0.2) is 18.3 Å². The molecular formula is C7H9NO. The number of fused-ring (bicyclic) bond motifs is 1. The molecule has 1 aromatic rings. The number of hydrogen-bond donors (Lipinski definition) is 0. The number of rotatable bonds is 0. The van der Waals surface area contributed by atoms with Gasteiger partial charge in [0.15, 0.2) is 0 Å². The molecule has 0 amide bonds. The molecule has 0 spiro atoms. The highest BCUT2D eigenvalue weighted by Gasteiger charge is 2.04. The third kappa shape index (κ3) is 0.754. The second-order valence-electron chi connectivity index (χ2n) is 2.25. The van der Waals surface area contributed by atoms with Gasteiger partial charge in [-0.1, -0.05) is 0 Å². The molecule has 0 bridgehead atoms. The Morgan fingerprint density at radius 2 is 2.56 bits per heavy atom. The number of aromatic nitrogens is 1. The van der Waals surface area contributed by atoms with Crippen LogP contribution in [0.5, 0.6) is 0 Å². The Bertz CT molecular complexity index is 184. The Kier molecular flexibility index (Phi) is 1.06. The summed E-state index contributed by atoms with van der Waals surface area (Å²) < 4.78 is 7.46. The lowest BCUT2D eigenvalue weighted by atomic mass is 10.4. The summed E-state index contributed by atoms with van der Waals surface area (Å²) >= 11 is 0. The zero-order valence-corrected chi connectivity index (χ0v) is 5.21. The highest BCUT2D eigenvalue weighted by molar-refractivity contribution is 5.06. The van der Waals surface area contributed by atoms with Gasteiger partial charge in [0, 0.05) is 18.4 Å². The van der Waals surface area contributed by atoms with Crippen molar-refractivity contribution in [2.24, 2.45) is 0 Å². The van der Waals surface area contributed by atoms with Crippen molar-refractivity contribution in [1.29, 1.82) is 0 Å². The van der Waals surface area contributed by atoms with E-state index < -0.39 is 0 Å². The van der Waals surface area contributed by atoms with Gasteiger partial charge in [-0.15, -0.1) is 0 Å². The predicted molar refractivity (Wildman–Crippen MR) is 34.1 cm³/mol. The van der Waals surface area contributed by atoms with Crippen LogP contribution in [-0.4, -0.2) is 11.2 Å². The van der Waals surface area contributed by atoms with Crippen molar-refractivity contribution >= 4 is 0 Å². The van der Waals surface area contributed by atoms with Gasteiger partial charge in [-0.25, -0.2) is 0 Å². The minimum atomic E-state index is 0.785. The molecule has 0 saturated heterocycles. The molecule has 2 rings (SSSR count). The van der Waals surface area contributed by atoms with E-state index in [2.05, 4.69) is 22.9 Å². The molecule has 0 aliphatic carbocycles. The van der Waals surface area contributed by atoms with Gasteiger partial charge in [-0.2, -0.15) is 0 Å². The number of ether oxygens (including phenoxy) is 1. The molecule has 0 fully saturated rings. The van der Waals surface area contributed by atoms with Crippen LogP contribution in [0.25, 0.3) is 0 Å². The van der Waals surface area contributed by atoms with Gasteiger partial charge in [0.25, 0.3) is 0 Å². The SMILES string of the molecule is c1cc2n(c1)CCOC2. The standard InChI is InChI=1S/C7H9NO/c1-2-7-6-9-5-4-8(7)3-1/h1-3H,4-6H2. The quantitative estimate of drug-likeness (QED) is 0.502. The molecule has 0 N–H and O–H groups in total. The minimum Gasteiger partial charge on any atom is -0.373 e. The Labute approximate surface area is 54.1 Å². The Balaban J connectivity index is 2.39. The molecule has 1 aromatic heterocycles. The van der Waals surface area contributed by atoms with Crippen LogP contribution in [0.3, 0.4) is 0 Å². The third-order valence-electron chi connectivity index (χ3n) is 1.65. The maximum atomic E-state index is 5.23. The first-order chi connectivity index (χ1) is 4.47. The van der Waals surface area contributed by atoms with E-state index in [4.69, 9.17) is 4.74 Å². The summed E-state index contributed by atoms with van der Waals surface area (Å²) in [5.74, 6) is 0. The van der Waals surface area contributed by atoms with Crippen LogP contribution in [-0.2, 0) is 17.9 Å². The van der Waals surface area contributed by atoms with Crippen molar-refractivity contribution in [2.75, 3.05) is 6.61 Å². The van der Waals surface area contributed by atoms with Crippen LogP contribution in [0.1, 0.15) is 5.69 Å². The smallest absolute Gasteiger partial charge is 0.0868 e. The fraction of sp³-hybridized carbons (Fsp3) is 0.429. The lowest BCUT2D eigenvalue weighted by Gasteiger charge is -2.14. The number of nitrogens with zero attached hydrogens (tertiary/aromatic N) is 1. The van der Waals surface area contributed by atoms with Crippen molar-refractivity contribution in [1.82, 2.24) is 4.57 Å². The summed E-state index contributed by atoms with van der Waals surface area (Å²) in [6.45, 7) is 2.66. The van der Waals surface area contributed by atoms with Crippen LogP contribution in [0.2, 0.25) is 0 Å². The van der Waals surface area contributed by atoms with E-state index in [1.165, 1.54) is 5.69 Å². The normalized spacial score (nSPS) is 17.3. The van der Waals surface area contributed by atoms with Crippen molar-refractivity contribution in [2.45, 2.75) is 13.2 Å². The number of hydrogen-bond acceptors (Lipinski definition) is 1. The molecule has 0 aromatic carbocycles. The maximum absolute atomic E-state index is 5.23. The van der Waals surface area contributed by atoms with Gasteiger partial charge < -0.3 is 9.30 Å². The van der Waals surface area contributed by atoms with E-state index in [0.717, 1.165) is 19.8 Å². The second-order valence-corrected chi connectivity index (χ2v) is 2.25. The van der Waals surface area contributed by atoms with Gasteiger partial charge >= 0.3 is 0 Å². The van der Waals surface area contributed by atoms with Gasteiger partial charge in [0.1, 0.15) is 0 Å². The molecular weight excluding hydrogens is 114 g/mol. The van der Waals surface area contributed by atoms with Crippen molar-refractivity contribution in [3.8, 4) is 0 Å². The van der Waals surface area contributed by atoms with E-state index in [1.807, 2.05) is 0 Å². The van der Waals surface area contributed by atoms with Crippen molar-refractivity contribution < 1.29 is 4.74 Å². The average Bonchev–Trinajstić information content (AvgIpc) is 2.33. The molecule has 1 aliphatic heterocycles. The second kappa shape index (κ2) is 1.88. The zero-order chi connectivity index (χ0) is 6.10. The Morgan fingerprint density at radius 3 is 3.44 bits per heavy atom. The summed E-state index contributed by atoms with van der Waals surface area (Å²) in [5, 5.41) is 0. The van der Waals surface area contributed by atoms with Crippen molar-refractivity contribution in [3.05, 3.63) is 24.0 Å². The summed E-state index contributed by atoms with van der Waals surface area (Å²) in [5.41, 5.74) is 1.29. The van der Waals surface area contributed by atoms with Gasteiger partial charge in [0.2, 0.25) is 0 Å². The first kappa shape index (κ1) is 5.06. The average molecular weight is 123 g/mol. The van der Waals surface area contributed by atoms with E-state index in [0.29, 0.717) is 0 Å². The highest BCUT2D eigenvalue weighted by atomic mass is 16.5. The van der Waals surface area contributed by atoms with Gasteiger partial charge in [0.05, 0.1) is 13.2 Å². The molecule has 2 heteroatoms. The first-order valence-corrected chi connectivity index (χ1v) is 3.18. The zero-order valence-electron chi connectivity index (χ0n) is 5.21. The van der Waals surface area contributed by atoms with Crippen LogP contribution in [0, 0.1) is 0 Å². The highest BCUT2D eigenvalue weighted by Crippen LogP contribution is 2.08. The molecule has 0 unspecified atom stereocenters. The van der Waals surface area contributed by atoms with E-state index >= 15 is 0 Å². The van der Waals surface area contributed by atoms with Gasteiger partial charge in [-0.05, 0) is 12.1 Å². The molecule has 9 heavy (non-hydrogen) atoms. The Hall–Kier alpha value is -0.760. The topological polar surface area (TPSA) is 14.2 Å². The Morgan fingerprint density at radius 1 is 1.56 bits per heavy atom. The predicted octanol–water partition coefficient (Wildman–Crippen LogP) is 1.02. The van der Waals surface area contributed by atoms with Crippen LogP contribution < -0.4 is 0 Å². The van der Waals surface area contributed by atoms with Crippen LogP contribution >= 0.6 is 0 Å². The molecule has 48 valence electrons. The summed E-state index contributed by atoms with van der Waals surface area (Å²) in [6, 6.07) is 4.16. The first-order valence-electron chi connectivity index (χ1n) is 3.18. The fourth-order valence-corrected chi connectivity index (χ4v) is 1.14. The van der Waals surface area contributed by atoms with E-state index in [1.54, 1.807) is 0 Å². The third-order valence-corrected chi connectivity index (χ3v) is 1.65. The molecule has 0 radical (unpaired) electrons. The molecule has 1 aliphatic rings. The van der Waals surface area contributed by atoms with Gasteiger partial charge in [-0.3, -0.25) is 0 Å². The minimum absolute atomic E-state index is 0.785. The van der Waals surface area contributed by atoms with E-state index in [9.17, 15) is 0 Å². The van der Waals surface area contributed by atoms with E-state index in [-0.39, 0.29) is 0 Å². The molecule has 0 saturated carbocycles. The molecule has 2 nitrogen and oxygen atoms in total. The molecule has 2 heterocycles. The summed E-state index contributed by atoms with van der Waals surface area (Å²) in [6.07, 6.45) is 2.10. The fourth-order valence-electron chi connectivity index (χ4n) is 1.14. The largest absolute Gasteiger partial charge is 0.373 e. The van der Waals surface area contributed by atoms with Crippen LogP contribution in [0.4, 0.5) is 0 Å². The summed E-state index contributed by atoms with van der Waals surface area (Å²) in [4.78, 5) is 0. The van der Waals surface area contributed by atoms with Crippen molar-refractivity contribution in [3.63, 3.8) is 0 Å². The summed E-state index contributed by atoms with van der Waals surface area (Å²) in [7, 11) is 0. The monoisotopic (exact) mass is 123 g/mol. The maximum Gasteiger partial charge on any atom is 0.0868 e. The molecule has 0 atom stereocenters. The lowest BCUT2D eigenvalue weighted by Crippen LogP contribution is -2.14. The lowest BCUT2D eigenvalue weighted by molar-refractivity contribution is 0.0850.